The molecule has 2 heteroatoms. The van der Waals surface area contributed by atoms with Crippen LogP contribution in [0.25, 0.3) is 0 Å². The number of fused-ring (bicyclic) bond motifs is 5. The van der Waals surface area contributed by atoms with Gasteiger partial charge < -0.3 is 10.2 Å². The Morgan fingerprint density at radius 3 is 2.85 bits per heavy atom. The molecule has 2 saturated carbocycles. The largest absolute Gasteiger partial charge is 0.508 e. The summed E-state index contributed by atoms with van der Waals surface area (Å²) < 4.78 is 0. The van der Waals surface area contributed by atoms with Crippen LogP contribution in [-0.4, -0.2) is 16.3 Å². The van der Waals surface area contributed by atoms with Crippen LogP contribution in [0.1, 0.15) is 56.1 Å². The van der Waals surface area contributed by atoms with E-state index >= 15 is 0 Å². The second-order valence-electron chi connectivity index (χ2n) is 7.44. The van der Waals surface area contributed by atoms with Crippen molar-refractivity contribution in [2.24, 2.45) is 17.3 Å². The first-order valence-corrected chi connectivity index (χ1v) is 8.09. The van der Waals surface area contributed by atoms with Crippen molar-refractivity contribution in [3.8, 4) is 5.75 Å². The first-order chi connectivity index (χ1) is 9.59. The predicted molar refractivity (Wildman–Crippen MR) is 78.7 cm³/mol. The van der Waals surface area contributed by atoms with Gasteiger partial charge in [-0.15, -0.1) is 0 Å². The Labute approximate surface area is 120 Å². The van der Waals surface area contributed by atoms with E-state index in [1.54, 1.807) is 0 Å². The zero-order valence-electron chi connectivity index (χ0n) is 12.2. The Kier molecular flexibility index (Phi) is 2.69. The molecule has 0 bridgehead atoms. The molecule has 3 aliphatic carbocycles. The van der Waals surface area contributed by atoms with Crippen LogP contribution in [0.3, 0.4) is 0 Å². The van der Waals surface area contributed by atoms with E-state index < -0.39 is 0 Å². The van der Waals surface area contributed by atoms with E-state index in [-0.39, 0.29) is 11.5 Å². The van der Waals surface area contributed by atoms with Crippen molar-refractivity contribution in [1.29, 1.82) is 0 Å². The summed E-state index contributed by atoms with van der Waals surface area (Å²) in [5, 5.41) is 20.0. The van der Waals surface area contributed by atoms with Crippen molar-refractivity contribution in [2.75, 3.05) is 0 Å². The van der Waals surface area contributed by atoms with Gasteiger partial charge in [0.25, 0.3) is 0 Å². The molecule has 2 fully saturated rings. The van der Waals surface area contributed by atoms with E-state index in [1.807, 2.05) is 12.1 Å². The molecule has 0 aromatic heterocycles. The monoisotopic (exact) mass is 272 g/mol. The van der Waals surface area contributed by atoms with Gasteiger partial charge in [-0.25, -0.2) is 0 Å². The third-order valence-electron chi connectivity index (χ3n) is 6.66. The molecule has 1 aromatic rings. The number of aryl methyl sites for hydroxylation is 1. The van der Waals surface area contributed by atoms with Crippen LogP contribution in [0, 0.1) is 17.3 Å². The summed E-state index contributed by atoms with van der Waals surface area (Å²) in [6.07, 6.45) is 6.78. The zero-order chi connectivity index (χ0) is 13.9. The molecule has 108 valence electrons. The van der Waals surface area contributed by atoms with Crippen molar-refractivity contribution in [1.82, 2.24) is 0 Å². The van der Waals surface area contributed by atoms with Crippen LogP contribution < -0.4 is 0 Å². The van der Waals surface area contributed by atoms with Crippen molar-refractivity contribution in [2.45, 2.75) is 57.5 Å². The molecule has 0 aliphatic heterocycles. The van der Waals surface area contributed by atoms with Gasteiger partial charge in [-0.05, 0) is 85.0 Å². The molecule has 2 nitrogen and oxygen atoms in total. The lowest BCUT2D eigenvalue weighted by Gasteiger charge is -2.50. The van der Waals surface area contributed by atoms with Crippen molar-refractivity contribution < 1.29 is 10.2 Å². The van der Waals surface area contributed by atoms with Crippen LogP contribution in [0.2, 0.25) is 0 Å². The lowest BCUT2D eigenvalue weighted by molar-refractivity contribution is -0.0226. The van der Waals surface area contributed by atoms with Crippen LogP contribution in [0.15, 0.2) is 18.2 Å². The van der Waals surface area contributed by atoms with E-state index in [0.29, 0.717) is 17.6 Å². The number of rotatable bonds is 0. The maximum absolute atomic E-state index is 10.4. The van der Waals surface area contributed by atoms with Gasteiger partial charge in [0.15, 0.2) is 0 Å². The van der Waals surface area contributed by atoms with Crippen LogP contribution in [-0.2, 0) is 6.42 Å². The summed E-state index contributed by atoms with van der Waals surface area (Å²) in [7, 11) is 0. The lowest BCUT2D eigenvalue weighted by Crippen LogP contribution is -2.43. The minimum atomic E-state index is -0.0883. The Balaban J connectivity index is 1.71. The Hall–Kier alpha value is -1.02. The van der Waals surface area contributed by atoms with E-state index in [0.717, 1.165) is 25.2 Å². The van der Waals surface area contributed by atoms with Gasteiger partial charge >= 0.3 is 0 Å². The van der Waals surface area contributed by atoms with Gasteiger partial charge in [0.2, 0.25) is 0 Å². The lowest BCUT2D eigenvalue weighted by atomic mass is 9.55. The summed E-state index contributed by atoms with van der Waals surface area (Å²) in [5.74, 6) is 2.49. The molecule has 4 rings (SSSR count). The number of phenols is 1. The maximum atomic E-state index is 10.4. The number of aromatic hydroxyl groups is 1. The highest BCUT2D eigenvalue weighted by Crippen LogP contribution is 2.60. The molecule has 0 spiro atoms. The van der Waals surface area contributed by atoms with Gasteiger partial charge in [-0.3, -0.25) is 0 Å². The van der Waals surface area contributed by atoms with Crippen molar-refractivity contribution >= 4 is 0 Å². The van der Waals surface area contributed by atoms with Crippen LogP contribution in [0.5, 0.6) is 5.75 Å². The Bertz CT molecular complexity index is 538. The minimum absolute atomic E-state index is 0.0883. The number of hydrogen-bond acceptors (Lipinski definition) is 2. The smallest absolute Gasteiger partial charge is 0.115 e. The Morgan fingerprint density at radius 2 is 2.00 bits per heavy atom. The molecule has 1 aromatic carbocycles. The van der Waals surface area contributed by atoms with Crippen molar-refractivity contribution in [3.63, 3.8) is 0 Å². The summed E-state index contributed by atoms with van der Waals surface area (Å²) in [4.78, 5) is 0. The van der Waals surface area contributed by atoms with E-state index in [2.05, 4.69) is 13.0 Å². The fourth-order valence-electron chi connectivity index (χ4n) is 5.54. The Morgan fingerprint density at radius 1 is 1.15 bits per heavy atom. The molecule has 0 radical (unpaired) electrons. The van der Waals surface area contributed by atoms with Gasteiger partial charge in [-0.1, -0.05) is 13.0 Å². The first-order valence-electron chi connectivity index (χ1n) is 8.09. The molecule has 5 atom stereocenters. The summed E-state index contributed by atoms with van der Waals surface area (Å²) in [6, 6.07) is 5.96. The fraction of sp³-hybridized carbons (Fsp3) is 0.667. The normalized spacial score (nSPS) is 42.7. The predicted octanol–water partition coefficient (Wildman–Crippen LogP) is 3.61. The molecule has 0 amide bonds. The average Bonchev–Trinajstić information content (AvgIpc) is 2.74. The highest BCUT2D eigenvalue weighted by atomic mass is 16.3. The quantitative estimate of drug-likeness (QED) is 0.757. The molecule has 0 saturated heterocycles. The molecule has 2 N–H and O–H groups in total. The summed E-state index contributed by atoms with van der Waals surface area (Å²) >= 11 is 0. The van der Waals surface area contributed by atoms with E-state index in [1.165, 1.54) is 30.4 Å². The van der Waals surface area contributed by atoms with Gasteiger partial charge in [0.1, 0.15) is 5.75 Å². The van der Waals surface area contributed by atoms with Crippen molar-refractivity contribution in [3.05, 3.63) is 29.3 Å². The summed E-state index contributed by atoms with van der Waals surface area (Å²) in [6.45, 7) is 2.32. The molecule has 20 heavy (non-hydrogen) atoms. The topological polar surface area (TPSA) is 40.5 Å². The third kappa shape index (κ3) is 1.60. The molecular weight excluding hydrogens is 248 g/mol. The standard InChI is InChI=1S/C18H24O2/c1-18-9-8-14-13-5-3-12(19)10-11(13)2-4-15(14)16(18)6-7-17(18)20/h3,5,10,14-17,19-20H,2,4,6-9H2,1H3/t14?,15-,16?,17-,18+/m1/s1. The van der Waals surface area contributed by atoms with Gasteiger partial charge in [0.05, 0.1) is 6.10 Å². The number of benzene rings is 1. The van der Waals surface area contributed by atoms with Gasteiger partial charge in [-0.2, -0.15) is 0 Å². The molecule has 3 aliphatic rings. The molecule has 2 unspecified atom stereocenters. The number of phenolic OH excluding ortho intramolecular Hbond substituents is 1. The summed E-state index contributed by atoms with van der Waals surface area (Å²) in [5.41, 5.74) is 2.99. The van der Waals surface area contributed by atoms with E-state index in [4.69, 9.17) is 0 Å². The minimum Gasteiger partial charge on any atom is -0.508 e. The first kappa shape index (κ1) is 12.7. The second kappa shape index (κ2) is 4.24. The molecular formula is C18H24O2. The van der Waals surface area contributed by atoms with Crippen LogP contribution >= 0.6 is 0 Å². The number of hydrogen-bond donors (Lipinski definition) is 2. The number of aliphatic hydroxyl groups is 1. The number of aliphatic hydroxyl groups excluding tert-OH is 1. The maximum Gasteiger partial charge on any atom is 0.115 e. The SMILES string of the molecule is C[C@]12CCC3c4ccc(O)cc4CC[C@H]3C1CC[C@H]2O. The van der Waals surface area contributed by atoms with E-state index in [9.17, 15) is 10.2 Å². The average molecular weight is 272 g/mol. The third-order valence-corrected chi connectivity index (χ3v) is 6.66. The second-order valence-corrected chi connectivity index (χ2v) is 7.44. The molecule has 0 heterocycles. The highest BCUT2D eigenvalue weighted by Gasteiger charge is 2.54. The highest BCUT2D eigenvalue weighted by molar-refractivity contribution is 5.40. The van der Waals surface area contributed by atoms with Crippen LogP contribution in [0.4, 0.5) is 0 Å². The van der Waals surface area contributed by atoms with Gasteiger partial charge in [0, 0.05) is 0 Å². The zero-order valence-corrected chi connectivity index (χ0v) is 12.2. The fourth-order valence-corrected chi connectivity index (χ4v) is 5.54.